The van der Waals surface area contributed by atoms with E-state index < -0.39 is 28.7 Å². The van der Waals surface area contributed by atoms with E-state index in [0.29, 0.717) is 11.3 Å². The fraction of sp³-hybridized carbons (Fsp3) is 0.353. The van der Waals surface area contributed by atoms with Crippen molar-refractivity contribution in [3.8, 4) is 0 Å². The molecule has 10 heteroatoms. The number of ether oxygens (including phenoxy) is 1. The Hall–Kier alpha value is -2.49. The number of aryl methyl sites for hydroxylation is 1. The number of hydrogen-bond acceptors (Lipinski definition) is 5. The quantitative estimate of drug-likeness (QED) is 0.632. The van der Waals surface area contributed by atoms with Crippen LogP contribution < -0.4 is 5.32 Å². The summed E-state index contributed by atoms with van der Waals surface area (Å²) in [5.74, 6) is -4.93. The molecule has 1 aromatic carbocycles. The van der Waals surface area contributed by atoms with Crippen LogP contribution in [0.25, 0.3) is 0 Å². The van der Waals surface area contributed by atoms with E-state index in [0.717, 1.165) is 23.9 Å². The van der Waals surface area contributed by atoms with Gasteiger partial charge in [-0.3, -0.25) is 9.59 Å². The van der Waals surface area contributed by atoms with E-state index in [1.54, 1.807) is 13.8 Å². The number of esters is 1. The predicted octanol–water partition coefficient (Wildman–Crippen LogP) is 2.95. The van der Waals surface area contributed by atoms with Crippen molar-refractivity contribution in [2.24, 2.45) is 0 Å². The van der Waals surface area contributed by atoms with Gasteiger partial charge in [0.25, 0.3) is 0 Å². The van der Waals surface area contributed by atoms with Gasteiger partial charge in [-0.2, -0.15) is 5.10 Å². The number of benzene rings is 1. The summed E-state index contributed by atoms with van der Waals surface area (Å²) in [7, 11) is 0. The summed E-state index contributed by atoms with van der Waals surface area (Å²) in [4.78, 5) is 23.9. The average Bonchev–Trinajstić information content (AvgIpc) is 2.79. The number of halogens is 3. The van der Waals surface area contributed by atoms with Crippen molar-refractivity contribution < 1.29 is 27.5 Å². The van der Waals surface area contributed by atoms with Crippen molar-refractivity contribution >= 4 is 29.5 Å². The van der Waals surface area contributed by atoms with Gasteiger partial charge in [-0.1, -0.05) is 6.07 Å². The summed E-state index contributed by atoms with van der Waals surface area (Å²) in [5.41, 5.74) is 0.758. The fourth-order valence-corrected chi connectivity index (χ4v) is 4.08. The van der Waals surface area contributed by atoms with Gasteiger partial charge in [0.2, 0.25) is 5.91 Å². The van der Waals surface area contributed by atoms with E-state index in [4.69, 9.17) is 4.74 Å². The minimum atomic E-state index is -1.57. The summed E-state index contributed by atoms with van der Waals surface area (Å²) in [6.07, 6.45) is 0. The highest BCUT2D eigenvalue weighted by Crippen LogP contribution is 2.44. The van der Waals surface area contributed by atoms with E-state index in [9.17, 15) is 22.8 Å². The topological polar surface area (TPSA) is 73.2 Å². The van der Waals surface area contributed by atoms with Gasteiger partial charge in [-0.25, -0.2) is 17.9 Å². The lowest BCUT2D eigenvalue weighted by Crippen LogP contribution is -2.20. The number of nitrogens with zero attached hydrogens (tertiary/aromatic N) is 2. The Morgan fingerprint density at radius 2 is 2.11 bits per heavy atom. The zero-order chi connectivity index (χ0) is 19.7. The van der Waals surface area contributed by atoms with E-state index in [1.807, 2.05) is 0 Å². The molecule has 0 fully saturated rings. The molecule has 0 aliphatic carbocycles. The number of nitrogens with one attached hydrogen (secondary N) is 1. The van der Waals surface area contributed by atoms with E-state index in [-0.39, 0.29) is 36.2 Å². The van der Waals surface area contributed by atoms with E-state index in [2.05, 4.69) is 10.4 Å². The number of thioether (sulfide) groups is 1. The number of fused-ring (bicyclic) bond motifs is 1. The predicted molar refractivity (Wildman–Crippen MR) is 92.8 cm³/mol. The maximum atomic E-state index is 14.4. The Morgan fingerprint density at radius 3 is 2.81 bits per heavy atom. The van der Waals surface area contributed by atoms with Crippen LogP contribution in [0.2, 0.25) is 0 Å². The molecule has 0 saturated carbocycles. The first kappa shape index (κ1) is 19.3. The van der Waals surface area contributed by atoms with Crippen LogP contribution in [0.1, 0.15) is 29.0 Å². The molecule has 1 N–H and O–H groups in total. The lowest BCUT2D eigenvalue weighted by molar-refractivity contribution is -0.144. The molecule has 1 amide bonds. The molecule has 144 valence electrons. The molecule has 0 bridgehead atoms. The van der Waals surface area contributed by atoms with Crippen molar-refractivity contribution in [1.29, 1.82) is 0 Å². The fourth-order valence-electron chi connectivity index (χ4n) is 2.88. The number of rotatable bonds is 4. The third-order valence-electron chi connectivity index (χ3n) is 4.01. The SMILES string of the molecule is CCOC(=O)Cn1nc(C)c2c1NC(=O)CS[C@H]2c1ccc(F)c(F)c1F. The first-order valence-corrected chi connectivity index (χ1v) is 9.16. The zero-order valence-corrected chi connectivity index (χ0v) is 15.3. The number of carbonyl (C=O) groups is 2. The molecule has 1 atom stereocenters. The Morgan fingerprint density at radius 1 is 1.37 bits per heavy atom. The second-order valence-corrected chi connectivity index (χ2v) is 6.91. The number of anilines is 1. The maximum Gasteiger partial charge on any atom is 0.327 e. The number of carbonyl (C=O) groups excluding carboxylic acids is 2. The molecule has 1 aromatic heterocycles. The van der Waals surface area contributed by atoms with Gasteiger partial charge in [0, 0.05) is 11.1 Å². The minimum Gasteiger partial charge on any atom is -0.465 e. The Kier molecular flexibility index (Phi) is 5.45. The molecule has 1 aliphatic heterocycles. The lowest BCUT2D eigenvalue weighted by atomic mass is 10.0. The number of aromatic nitrogens is 2. The van der Waals surface area contributed by atoms with Crippen LogP contribution in [0.5, 0.6) is 0 Å². The highest BCUT2D eigenvalue weighted by atomic mass is 32.2. The molecule has 27 heavy (non-hydrogen) atoms. The molecule has 3 rings (SSSR count). The maximum absolute atomic E-state index is 14.4. The molecular formula is C17H16F3N3O3S. The molecule has 2 heterocycles. The Bertz CT molecular complexity index is 917. The summed E-state index contributed by atoms with van der Waals surface area (Å²) in [6.45, 7) is 3.23. The van der Waals surface area contributed by atoms with Crippen LogP contribution in [-0.4, -0.2) is 34.0 Å². The highest BCUT2D eigenvalue weighted by molar-refractivity contribution is 8.00. The van der Waals surface area contributed by atoms with Gasteiger partial charge in [-0.05, 0) is 19.9 Å². The average molecular weight is 399 g/mol. The molecule has 0 spiro atoms. The molecule has 0 unspecified atom stereocenters. The van der Waals surface area contributed by atoms with Gasteiger partial charge in [0.05, 0.1) is 23.3 Å². The highest BCUT2D eigenvalue weighted by Gasteiger charge is 2.33. The zero-order valence-electron chi connectivity index (χ0n) is 14.5. The largest absolute Gasteiger partial charge is 0.465 e. The Balaban J connectivity index is 2.10. The molecule has 0 saturated heterocycles. The minimum absolute atomic E-state index is 0.0311. The molecule has 1 aliphatic rings. The third kappa shape index (κ3) is 3.66. The van der Waals surface area contributed by atoms with Crippen molar-refractivity contribution in [2.75, 3.05) is 17.7 Å². The van der Waals surface area contributed by atoms with Crippen molar-refractivity contribution in [3.05, 3.63) is 46.4 Å². The first-order chi connectivity index (χ1) is 12.8. The summed E-state index contributed by atoms with van der Waals surface area (Å²) < 4.78 is 47.6. The molecule has 2 aromatic rings. The van der Waals surface area contributed by atoms with Gasteiger partial charge in [-0.15, -0.1) is 11.8 Å². The van der Waals surface area contributed by atoms with Crippen molar-refractivity contribution in [3.63, 3.8) is 0 Å². The molecule has 6 nitrogen and oxygen atoms in total. The van der Waals surface area contributed by atoms with Crippen LogP contribution in [0, 0.1) is 24.4 Å². The second-order valence-electron chi connectivity index (χ2n) is 5.81. The van der Waals surface area contributed by atoms with Crippen LogP contribution in [0.15, 0.2) is 12.1 Å². The van der Waals surface area contributed by atoms with Gasteiger partial charge < -0.3 is 10.1 Å². The van der Waals surface area contributed by atoms with Crippen molar-refractivity contribution in [1.82, 2.24) is 9.78 Å². The number of hydrogen-bond donors (Lipinski definition) is 1. The third-order valence-corrected chi connectivity index (χ3v) is 5.26. The monoisotopic (exact) mass is 399 g/mol. The summed E-state index contributed by atoms with van der Waals surface area (Å²) in [6, 6.07) is 1.99. The molecular weight excluding hydrogens is 383 g/mol. The van der Waals surface area contributed by atoms with Crippen LogP contribution in [0.3, 0.4) is 0 Å². The van der Waals surface area contributed by atoms with E-state index >= 15 is 0 Å². The number of amides is 1. The van der Waals surface area contributed by atoms with Gasteiger partial charge >= 0.3 is 5.97 Å². The van der Waals surface area contributed by atoms with E-state index in [1.165, 1.54) is 4.68 Å². The molecule has 0 radical (unpaired) electrons. The lowest BCUT2D eigenvalue weighted by Gasteiger charge is -2.16. The van der Waals surface area contributed by atoms with Gasteiger partial charge in [0.1, 0.15) is 12.4 Å². The standard InChI is InChI=1S/C17H16F3N3O3S/c1-3-26-12(25)6-23-17-13(8(2)22-23)16(27-7-11(24)21-17)9-4-5-10(18)15(20)14(9)19/h4-5,16H,3,6-7H2,1-2H3,(H,21,24)/t16-/m0/s1. The Labute approximate surface area is 157 Å². The van der Waals surface area contributed by atoms with Crippen LogP contribution >= 0.6 is 11.8 Å². The summed E-state index contributed by atoms with van der Waals surface area (Å²) >= 11 is 1.06. The summed E-state index contributed by atoms with van der Waals surface area (Å²) in [5, 5.41) is 6.08. The second kappa shape index (κ2) is 7.63. The van der Waals surface area contributed by atoms with Crippen LogP contribution in [-0.2, 0) is 20.9 Å². The van der Waals surface area contributed by atoms with Gasteiger partial charge in [0.15, 0.2) is 17.5 Å². The smallest absolute Gasteiger partial charge is 0.327 e. The first-order valence-electron chi connectivity index (χ1n) is 8.11. The van der Waals surface area contributed by atoms with Crippen LogP contribution in [0.4, 0.5) is 19.0 Å². The normalized spacial score (nSPS) is 16.5. The van der Waals surface area contributed by atoms with Crippen molar-refractivity contribution in [2.45, 2.75) is 25.6 Å².